The smallest absolute Gasteiger partial charge is 0.410 e. The van der Waals surface area contributed by atoms with E-state index >= 15 is 0 Å². The van der Waals surface area contributed by atoms with Gasteiger partial charge in [-0.1, -0.05) is 6.08 Å². The predicted molar refractivity (Wildman–Crippen MR) is 75.8 cm³/mol. The van der Waals surface area contributed by atoms with Crippen molar-refractivity contribution in [2.75, 3.05) is 19.6 Å². The quantitative estimate of drug-likeness (QED) is 0.791. The molecule has 0 aromatic heterocycles. The average Bonchev–Trinajstić information content (AvgIpc) is 2.38. The third-order valence-electron chi connectivity index (χ3n) is 3.47. The van der Waals surface area contributed by atoms with Crippen LogP contribution in [0.2, 0.25) is 0 Å². The van der Waals surface area contributed by atoms with Gasteiger partial charge in [-0.3, -0.25) is 0 Å². The van der Waals surface area contributed by atoms with Crippen molar-refractivity contribution in [3.8, 4) is 0 Å². The van der Waals surface area contributed by atoms with Crippen molar-refractivity contribution in [2.45, 2.75) is 39.2 Å². The van der Waals surface area contributed by atoms with Crippen molar-refractivity contribution in [1.29, 1.82) is 0 Å². The number of ether oxygens (including phenoxy) is 1. The van der Waals surface area contributed by atoms with Gasteiger partial charge in [-0.2, -0.15) is 0 Å². The van der Waals surface area contributed by atoms with Crippen molar-refractivity contribution in [2.24, 2.45) is 5.92 Å². The molecule has 0 aromatic carbocycles. The number of rotatable bonds is 1. The van der Waals surface area contributed by atoms with Gasteiger partial charge in [-0.25, -0.2) is 4.79 Å². The lowest BCUT2D eigenvalue weighted by atomic mass is 9.88. The molecule has 0 bridgehead atoms. The van der Waals surface area contributed by atoms with Crippen LogP contribution in [0.3, 0.4) is 0 Å². The molecule has 0 unspecified atom stereocenters. The molecule has 0 aliphatic carbocycles. The first-order valence-corrected chi connectivity index (χ1v) is 7.03. The van der Waals surface area contributed by atoms with Crippen LogP contribution in [-0.2, 0) is 4.74 Å². The van der Waals surface area contributed by atoms with Crippen LogP contribution < -0.4 is 5.32 Å². The molecule has 106 valence electrons. The van der Waals surface area contributed by atoms with Crippen LogP contribution in [0.4, 0.5) is 4.79 Å². The van der Waals surface area contributed by atoms with E-state index in [0.717, 1.165) is 32.5 Å². The van der Waals surface area contributed by atoms with Crippen LogP contribution in [-0.4, -0.2) is 36.2 Å². The summed E-state index contributed by atoms with van der Waals surface area (Å²) in [5, 5.41) is 3.17. The van der Waals surface area contributed by atoms with Gasteiger partial charge < -0.3 is 15.0 Å². The Bertz CT molecular complexity index is 385. The van der Waals surface area contributed by atoms with Crippen LogP contribution in [0.5, 0.6) is 0 Å². The molecular weight excluding hydrogens is 240 g/mol. The number of nitrogens with zero attached hydrogens (tertiary/aromatic N) is 1. The fourth-order valence-corrected chi connectivity index (χ4v) is 2.49. The van der Waals surface area contributed by atoms with E-state index in [0.29, 0.717) is 5.92 Å². The van der Waals surface area contributed by atoms with Crippen LogP contribution >= 0.6 is 0 Å². The number of carbonyl (C=O) groups excluding carboxylic acids is 1. The standard InChI is InChI=1S/C15H24N2O2/c1-15(2,3)19-14(18)17-10-6-13(7-11-17)12-4-8-16-9-5-12/h4-5,8,13,16H,6-7,9-11H2,1-3H3. The molecule has 19 heavy (non-hydrogen) atoms. The maximum Gasteiger partial charge on any atom is 0.410 e. The summed E-state index contributed by atoms with van der Waals surface area (Å²) in [6.07, 6.45) is 8.27. The number of carbonyl (C=O) groups is 1. The third-order valence-corrected chi connectivity index (χ3v) is 3.47. The molecule has 1 N–H and O–H groups in total. The molecule has 2 rings (SSSR count). The van der Waals surface area contributed by atoms with Crippen molar-refractivity contribution in [3.05, 3.63) is 23.9 Å². The molecule has 4 nitrogen and oxygen atoms in total. The van der Waals surface area contributed by atoms with Gasteiger partial charge in [-0.05, 0) is 57.4 Å². The largest absolute Gasteiger partial charge is 0.444 e. The predicted octanol–water partition coefficient (Wildman–Crippen LogP) is 2.68. The zero-order valence-corrected chi connectivity index (χ0v) is 12.1. The average molecular weight is 264 g/mol. The van der Waals surface area contributed by atoms with Crippen LogP contribution in [0.15, 0.2) is 23.9 Å². The van der Waals surface area contributed by atoms with Gasteiger partial charge in [-0.15, -0.1) is 0 Å². The van der Waals surface area contributed by atoms with E-state index in [9.17, 15) is 4.79 Å². The van der Waals surface area contributed by atoms with Crippen LogP contribution in [0.1, 0.15) is 33.6 Å². The monoisotopic (exact) mass is 264 g/mol. The SMILES string of the molecule is CC(C)(C)OC(=O)N1CCC(C2=CCNC=C2)CC1. The zero-order valence-electron chi connectivity index (χ0n) is 12.1. The van der Waals surface area contributed by atoms with E-state index in [-0.39, 0.29) is 6.09 Å². The number of likely N-dealkylation sites (tertiary alicyclic amines) is 1. The summed E-state index contributed by atoms with van der Waals surface area (Å²) in [7, 11) is 0. The van der Waals surface area contributed by atoms with Crippen molar-refractivity contribution in [1.82, 2.24) is 10.2 Å². The molecule has 0 saturated carbocycles. The second-order valence-electron chi connectivity index (χ2n) is 6.19. The summed E-state index contributed by atoms with van der Waals surface area (Å²) >= 11 is 0. The maximum absolute atomic E-state index is 12.0. The minimum absolute atomic E-state index is 0.180. The second kappa shape index (κ2) is 5.68. The van der Waals surface area contributed by atoms with E-state index in [1.54, 1.807) is 0 Å². The van der Waals surface area contributed by atoms with Crippen molar-refractivity contribution >= 4 is 6.09 Å². The molecule has 2 aliphatic heterocycles. The maximum atomic E-state index is 12.0. The first-order valence-electron chi connectivity index (χ1n) is 7.03. The number of hydrogen-bond acceptors (Lipinski definition) is 3. The van der Waals surface area contributed by atoms with E-state index in [1.165, 1.54) is 5.57 Å². The number of amides is 1. The summed E-state index contributed by atoms with van der Waals surface area (Å²) in [6.45, 7) is 8.21. The Hall–Kier alpha value is -1.45. The van der Waals surface area contributed by atoms with Crippen molar-refractivity contribution < 1.29 is 9.53 Å². The van der Waals surface area contributed by atoms with Gasteiger partial charge in [0.05, 0.1) is 0 Å². The number of dihydropyridines is 1. The number of nitrogens with one attached hydrogen (secondary N) is 1. The highest BCUT2D eigenvalue weighted by atomic mass is 16.6. The van der Waals surface area contributed by atoms with Gasteiger partial charge in [0.15, 0.2) is 0 Å². The lowest BCUT2D eigenvalue weighted by molar-refractivity contribution is 0.0195. The molecule has 2 heterocycles. The van der Waals surface area contributed by atoms with Gasteiger partial charge in [0.2, 0.25) is 0 Å². The number of allylic oxidation sites excluding steroid dienone is 2. The number of piperidine rings is 1. The topological polar surface area (TPSA) is 41.6 Å². The van der Waals surface area contributed by atoms with E-state index in [1.807, 2.05) is 31.9 Å². The molecule has 0 spiro atoms. The normalized spacial score (nSPS) is 20.8. The highest BCUT2D eigenvalue weighted by Crippen LogP contribution is 2.27. The minimum atomic E-state index is -0.408. The Morgan fingerprint density at radius 3 is 2.58 bits per heavy atom. The Kier molecular flexibility index (Phi) is 4.17. The molecule has 0 atom stereocenters. The van der Waals surface area contributed by atoms with E-state index in [2.05, 4.69) is 17.5 Å². The Balaban J connectivity index is 1.84. The highest BCUT2D eigenvalue weighted by Gasteiger charge is 2.27. The van der Waals surface area contributed by atoms with Gasteiger partial charge in [0.25, 0.3) is 0 Å². The van der Waals surface area contributed by atoms with Gasteiger partial charge in [0, 0.05) is 19.6 Å². The van der Waals surface area contributed by atoms with Gasteiger partial charge >= 0.3 is 6.09 Å². The molecule has 0 aromatic rings. The fraction of sp³-hybridized carbons (Fsp3) is 0.667. The summed E-state index contributed by atoms with van der Waals surface area (Å²) in [5.74, 6) is 0.581. The molecule has 4 heteroatoms. The van der Waals surface area contributed by atoms with Crippen LogP contribution in [0, 0.1) is 5.92 Å². The zero-order chi connectivity index (χ0) is 13.9. The highest BCUT2D eigenvalue weighted by molar-refractivity contribution is 5.68. The second-order valence-corrected chi connectivity index (χ2v) is 6.19. The summed E-state index contributed by atoms with van der Waals surface area (Å²) in [4.78, 5) is 13.8. The lowest BCUT2D eigenvalue weighted by Crippen LogP contribution is -2.42. The molecule has 1 fully saturated rings. The molecular formula is C15H24N2O2. The van der Waals surface area contributed by atoms with Gasteiger partial charge in [0.1, 0.15) is 5.60 Å². The summed E-state index contributed by atoms with van der Waals surface area (Å²) in [5.41, 5.74) is 0.997. The van der Waals surface area contributed by atoms with E-state index < -0.39 is 5.60 Å². The van der Waals surface area contributed by atoms with E-state index in [4.69, 9.17) is 4.74 Å². The Morgan fingerprint density at radius 2 is 2.05 bits per heavy atom. The molecule has 1 amide bonds. The minimum Gasteiger partial charge on any atom is -0.444 e. The third kappa shape index (κ3) is 4.01. The molecule has 2 aliphatic rings. The van der Waals surface area contributed by atoms with Crippen molar-refractivity contribution in [3.63, 3.8) is 0 Å². The number of hydrogen-bond donors (Lipinski definition) is 1. The Labute approximate surface area is 115 Å². The summed E-state index contributed by atoms with van der Waals surface area (Å²) in [6, 6.07) is 0. The summed E-state index contributed by atoms with van der Waals surface area (Å²) < 4.78 is 5.41. The lowest BCUT2D eigenvalue weighted by Gasteiger charge is -2.34. The molecule has 0 radical (unpaired) electrons. The first-order chi connectivity index (χ1) is 8.96. The Morgan fingerprint density at radius 1 is 1.37 bits per heavy atom. The first kappa shape index (κ1) is 14.0. The fourth-order valence-electron chi connectivity index (χ4n) is 2.49. The van der Waals surface area contributed by atoms with Crippen LogP contribution in [0.25, 0.3) is 0 Å². The molecule has 1 saturated heterocycles.